The average molecular weight is 243 g/mol. The maximum atomic E-state index is 6.59. The second kappa shape index (κ2) is 4.70. The molecule has 0 aromatic heterocycles. The van der Waals surface area contributed by atoms with Crippen LogP contribution in [0, 0.1) is 17.8 Å². The Hall–Kier alpha value is -0.820. The molecule has 0 radical (unpaired) electrons. The predicted octanol–water partition coefficient (Wildman–Crippen LogP) is 3.86. The van der Waals surface area contributed by atoms with E-state index in [-0.39, 0.29) is 0 Å². The summed E-state index contributed by atoms with van der Waals surface area (Å²) >= 11 is 0. The number of rotatable bonds is 4. The highest BCUT2D eigenvalue weighted by molar-refractivity contribution is 5.36. The van der Waals surface area contributed by atoms with Crippen molar-refractivity contribution in [3.05, 3.63) is 34.9 Å². The molecule has 3 atom stereocenters. The number of aryl methyl sites for hydroxylation is 2. The molecule has 1 heteroatoms. The van der Waals surface area contributed by atoms with Crippen LogP contribution in [0.5, 0.6) is 0 Å². The van der Waals surface area contributed by atoms with Crippen molar-refractivity contribution in [2.24, 2.45) is 23.5 Å². The summed E-state index contributed by atoms with van der Waals surface area (Å²) in [6.45, 7) is 4.47. The smallest absolute Gasteiger partial charge is 0.0331 e. The highest BCUT2D eigenvalue weighted by Crippen LogP contribution is 2.61. The van der Waals surface area contributed by atoms with E-state index in [9.17, 15) is 0 Å². The van der Waals surface area contributed by atoms with Gasteiger partial charge in [-0.3, -0.25) is 0 Å². The number of hydrogen-bond donors (Lipinski definition) is 1. The monoisotopic (exact) mass is 243 g/mol. The van der Waals surface area contributed by atoms with Crippen LogP contribution in [0.3, 0.4) is 0 Å². The van der Waals surface area contributed by atoms with Crippen molar-refractivity contribution in [2.45, 2.75) is 52.0 Å². The third kappa shape index (κ3) is 1.89. The number of hydrogen-bond acceptors (Lipinski definition) is 1. The summed E-state index contributed by atoms with van der Waals surface area (Å²) in [5.41, 5.74) is 10.9. The minimum absolute atomic E-state index is 0.293. The first kappa shape index (κ1) is 12.2. The molecule has 3 rings (SSSR count). The molecule has 2 aliphatic rings. The fraction of sp³-hybridized carbons (Fsp3) is 0.647. The summed E-state index contributed by atoms with van der Waals surface area (Å²) in [5.74, 6) is 2.70. The van der Waals surface area contributed by atoms with Crippen LogP contribution in [0.25, 0.3) is 0 Å². The van der Waals surface area contributed by atoms with Crippen molar-refractivity contribution < 1.29 is 0 Å². The first-order valence-corrected chi connectivity index (χ1v) is 7.63. The fourth-order valence-corrected chi connectivity index (χ4v) is 4.11. The Balaban J connectivity index is 1.85. The lowest BCUT2D eigenvalue weighted by molar-refractivity contribution is 0.499. The largest absolute Gasteiger partial charge is 0.324 e. The maximum absolute atomic E-state index is 6.59. The molecule has 18 heavy (non-hydrogen) atoms. The molecule has 2 saturated carbocycles. The van der Waals surface area contributed by atoms with Crippen LogP contribution < -0.4 is 5.73 Å². The lowest BCUT2D eigenvalue weighted by atomic mass is 9.91. The van der Waals surface area contributed by atoms with E-state index in [2.05, 4.69) is 32.0 Å². The third-order valence-electron chi connectivity index (χ3n) is 5.25. The highest BCUT2D eigenvalue weighted by Gasteiger charge is 2.55. The van der Waals surface area contributed by atoms with Gasteiger partial charge in [-0.05, 0) is 60.1 Å². The Labute approximate surface area is 111 Å². The van der Waals surface area contributed by atoms with Gasteiger partial charge in [-0.15, -0.1) is 0 Å². The zero-order valence-corrected chi connectivity index (χ0v) is 11.7. The van der Waals surface area contributed by atoms with Gasteiger partial charge in [0.15, 0.2) is 0 Å². The lowest BCUT2D eigenvalue weighted by Crippen LogP contribution is -2.17. The second-order valence-electron chi connectivity index (χ2n) is 6.10. The van der Waals surface area contributed by atoms with Crippen molar-refractivity contribution in [3.63, 3.8) is 0 Å². The Morgan fingerprint density at radius 3 is 2.50 bits per heavy atom. The van der Waals surface area contributed by atoms with Gasteiger partial charge in [-0.2, -0.15) is 0 Å². The molecule has 0 aliphatic heterocycles. The minimum atomic E-state index is 0.293. The molecule has 1 nitrogen and oxygen atoms in total. The van der Waals surface area contributed by atoms with E-state index in [4.69, 9.17) is 5.73 Å². The molecular formula is C17H25N. The third-order valence-corrected chi connectivity index (χ3v) is 5.25. The van der Waals surface area contributed by atoms with E-state index in [1.165, 1.54) is 36.0 Å². The van der Waals surface area contributed by atoms with E-state index < -0.39 is 0 Å². The molecule has 0 spiro atoms. The van der Waals surface area contributed by atoms with Crippen molar-refractivity contribution >= 4 is 0 Å². The molecule has 1 aromatic rings. The zero-order valence-electron chi connectivity index (χ0n) is 11.7. The van der Waals surface area contributed by atoms with E-state index in [0.29, 0.717) is 6.04 Å². The standard InChI is InChI=1S/C17H25N/c1-3-11-8-9-12(4-2)15(10-11)17(18)16-13-6-5-7-14(13)16/h8-10,13-14,16-17H,3-7,18H2,1-2H3. The molecule has 98 valence electrons. The molecule has 2 N–H and O–H groups in total. The number of benzene rings is 1. The number of fused-ring (bicyclic) bond motifs is 1. The van der Waals surface area contributed by atoms with Crippen LogP contribution in [0.2, 0.25) is 0 Å². The first-order valence-electron chi connectivity index (χ1n) is 7.63. The molecule has 2 aliphatic carbocycles. The van der Waals surface area contributed by atoms with Crippen LogP contribution in [-0.4, -0.2) is 0 Å². The topological polar surface area (TPSA) is 26.0 Å². The first-order chi connectivity index (χ1) is 8.76. The van der Waals surface area contributed by atoms with Gasteiger partial charge in [0.1, 0.15) is 0 Å². The average Bonchev–Trinajstić information content (AvgIpc) is 2.89. The van der Waals surface area contributed by atoms with Gasteiger partial charge in [0, 0.05) is 6.04 Å². The number of nitrogens with two attached hydrogens (primary N) is 1. The molecule has 3 unspecified atom stereocenters. The van der Waals surface area contributed by atoms with Crippen molar-refractivity contribution in [3.8, 4) is 0 Å². The van der Waals surface area contributed by atoms with Gasteiger partial charge in [0.05, 0.1) is 0 Å². The van der Waals surface area contributed by atoms with Gasteiger partial charge < -0.3 is 5.73 Å². The highest BCUT2D eigenvalue weighted by atomic mass is 14.7. The van der Waals surface area contributed by atoms with Crippen LogP contribution in [0.1, 0.15) is 55.8 Å². The van der Waals surface area contributed by atoms with E-state index in [1.807, 2.05) is 0 Å². The van der Waals surface area contributed by atoms with E-state index in [1.54, 1.807) is 0 Å². The summed E-state index contributed by atoms with van der Waals surface area (Å²) in [6, 6.07) is 7.23. The van der Waals surface area contributed by atoms with Crippen molar-refractivity contribution in [2.75, 3.05) is 0 Å². The van der Waals surface area contributed by atoms with Crippen LogP contribution in [-0.2, 0) is 12.8 Å². The molecule has 0 amide bonds. The van der Waals surface area contributed by atoms with Gasteiger partial charge in [0.25, 0.3) is 0 Å². The SMILES string of the molecule is CCc1ccc(CC)c(C(N)C2C3CCCC32)c1. The maximum Gasteiger partial charge on any atom is 0.0331 e. The zero-order chi connectivity index (χ0) is 12.7. The Morgan fingerprint density at radius 2 is 1.89 bits per heavy atom. The molecule has 2 fully saturated rings. The Bertz CT molecular complexity index is 427. The quantitative estimate of drug-likeness (QED) is 0.854. The molecular weight excluding hydrogens is 218 g/mol. The summed E-state index contributed by atoms with van der Waals surface area (Å²) in [5, 5.41) is 0. The predicted molar refractivity (Wildman–Crippen MR) is 76.4 cm³/mol. The van der Waals surface area contributed by atoms with Crippen LogP contribution >= 0.6 is 0 Å². The summed E-state index contributed by atoms with van der Waals surface area (Å²) < 4.78 is 0. The Kier molecular flexibility index (Phi) is 3.19. The van der Waals surface area contributed by atoms with E-state index >= 15 is 0 Å². The van der Waals surface area contributed by atoms with Crippen LogP contribution in [0.4, 0.5) is 0 Å². The lowest BCUT2D eigenvalue weighted by Gasteiger charge is -2.19. The van der Waals surface area contributed by atoms with E-state index in [0.717, 1.165) is 30.6 Å². The molecule has 1 aromatic carbocycles. The second-order valence-corrected chi connectivity index (χ2v) is 6.10. The molecule has 0 bridgehead atoms. The normalized spacial score (nSPS) is 31.2. The van der Waals surface area contributed by atoms with Gasteiger partial charge in [0.2, 0.25) is 0 Å². The van der Waals surface area contributed by atoms with Crippen molar-refractivity contribution in [1.29, 1.82) is 0 Å². The summed E-state index contributed by atoms with van der Waals surface area (Å²) in [4.78, 5) is 0. The summed E-state index contributed by atoms with van der Waals surface area (Å²) in [7, 11) is 0. The fourth-order valence-electron chi connectivity index (χ4n) is 4.11. The Morgan fingerprint density at radius 1 is 1.17 bits per heavy atom. The summed E-state index contributed by atoms with van der Waals surface area (Å²) in [6.07, 6.45) is 6.51. The van der Waals surface area contributed by atoms with Gasteiger partial charge in [-0.1, -0.05) is 38.5 Å². The van der Waals surface area contributed by atoms with Crippen molar-refractivity contribution in [1.82, 2.24) is 0 Å². The van der Waals surface area contributed by atoms with Crippen LogP contribution in [0.15, 0.2) is 18.2 Å². The molecule has 0 saturated heterocycles. The van der Waals surface area contributed by atoms with Gasteiger partial charge >= 0.3 is 0 Å². The molecule has 0 heterocycles. The van der Waals surface area contributed by atoms with Gasteiger partial charge in [-0.25, -0.2) is 0 Å². The minimum Gasteiger partial charge on any atom is -0.324 e.